The summed E-state index contributed by atoms with van der Waals surface area (Å²) >= 11 is 0. The maximum Gasteiger partial charge on any atom is 0.219 e. The van der Waals surface area contributed by atoms with Gasteiger partial charge in [-0.25, -0.2) is 4.98 Å². The second kappa shape index (κ2) is 4.93. The number of hydrogen-bond donors (Lipinski definition) is 1. The lowest BCUT2D eigenvalue weighted by molar-refractivity contribution is 0.0947. The van der Waals surface area contributed by atoms with Crippen molar-refractivity contribution < 1.29 is 4.79 Å². The monoisotopic (exact) mass is 229 g/mol. The number of rotatable bonds is 4. The van der Waals surface area contributed by atoms with E-state index in [2.05, 4.69) is 4.98 Å². The molecule has 0 saturated carbocycles. The van der Waals surface area contributed by atoms with Crippen LogP contribution in [0.5, 0.6) is 0 Å². The predicted molar refractivity (Wildman–Crippen MR) is 65.6 cm³/mol. The summed E-state index contributed by atoms with van der Waals surface area (Å²) in [4.78, 5) is 16.2. The Morgan fingerprint density at radius 2 is 2.12 bits per heavy atom. The Labute approximate surface area is 100 Å². The Morgan fingerprint density at radius 1 is 1.41 bits per heavy atom. The van der Waals surface area contributed by atoms with E-state index in [4.69, 9.17) is 5.73 Å². The summed E-state index contributed by atoms with van der Waals surface area (Å²) in [6, 6.07) is 8.68. The minimum Gasteiger partial charge on any atom is -0.329 e. The molecule has 0 radical (unpaired) electrons. The van der Waals surface area contributed by atoms with Gasteiger partial charge >= 0.3 is 0 Å². The number of aryl methyl sites for hydroxylation is 1. The molecule has 1 atom stereocenters. The highest BCUT2D eigenvalue weighted by Gasteiger charge is 2.21. The molecule has 0 fully saturated rings. The maximum atomic E-state index is 12.2. The smallest absolute Gasteiger partial charge is 0.219 e. The topological polar surface area (TPSA) is 60.9 Å². The molecule has 2 rings (SSSR count). The summed E-state index contributed by atoms with van der Waals surface area (Å²) in [6.45, 7) is 2.68. The Bertz CT molecular complexity index is 504. The molecule has 1 aromatic carbocycles. The van der Waals surface area contributed by atoms with E-state index in [0.29, 0.717) is 12.4 Å². The quantitative estimate of drug-likeness (QED) is 0.813. The van der Waals surface area contributed by atoms with E-state index in [1.54, 1.807) is 17.0 Å². The van der Waals surface area contributed by atoms with E-state index in [9.17, 15) is 4.79 Å². The summed E-state index contributed by atoms with van der Waals surface area (Å²) in [7, 11) is 0. The molecule has 0 saturated heterocycles. The molecule has 0 spiro atoms. The van der Waals surface area contributed by atoms with Gasteiger partial charge in [0.05, 0.1) is 6.04 Å². The highest BCUT2D eigenvalue weighted by Crippen LogP contribution is 2.14. The lowest BCUT2D eigenvalue weighted by Crippen LogP contribution is -2.24. The number of imidazole rings is 1. The van der Waals surface area contributed by atoms with Gasteiger partial charge in [-0.2, -0.15) is 0 Å². The highest BCUT2D eigenvalue weighted by atomic mass is 16.1. The first-order valence-corrected chi connectivity index (χ1v) is 5.60. The summed E-state index contributed by atoms with van der Waals surface area (Å²) in [5.74, 6) is 0.270. The van der Waals surface area contributed by atoms with Crippen molar-refractivity contribution in [3.8, 4) is 0 Å². The molecule has 0 amide bonds. The van der Waals surface area contributed by atoms with Crippen LogP contribution in [0.1, 0.15) is 29.1 Å². The third kappa shape index (κ3) is 2.26. The zero-order valence-corrected chi connectivity index (χ0v) is 9.71. The third-order valence-corrected chi connectivity index (χ3v) is 2.72. The Morgan fingerprint density at radius 3 is 2.76 bits per heavy atom. The average Bonchev–Trinajstić information content (AvgIpc) is 2.86. The number of Topliss-reactive ketones (excluding diaryl/α,β-unsaturated/α-hetero) is 1. The van der Waals surface area contributed by atoms with E-state index in [1.165, 1.54) is 0 Å². The van der Waals surface area contributed by atoms with Crippen LogP contribution in [-0.2, 0) is 6.54 Å². The molecule has 2 N–H and O–H groups in total. The molecular weight excluding hydrogens is 214 g/mol. The maximum absolute atomic E-state index is 12.2. The second-order valence-corrected chi connectivity index (χ2v) is 3.79. The molecule has 17 heavy (non-hydrogen) atoms. The van der Waals surface area contributed by atoms with Gasteiger partial charge in [-0.1, -0.05) is 30.3 Å². The van der Waals surface area contributed by atoms with Crippen LogP contribution in [0.25, 0.3) is 0 Å². The minimum atomic E-state index is -0.649. The molecule has 88 valence electrons. The van der Waals surface area contributed by atoms with Crippen molar-refractivity contribution in [2.45, 2.75) is 19.5 Å². The van der Waals surface area contributed by atoms with Crippen LogP contribution in [0.3, 0.4) is 0 Å². The van der Waals surface area contributed by atoms with Gasteiger partial charge in [0.15, 0.2) is 5.82 Å². The van der Waals surface area contributed by atoms with Gasteiger partial charge in [0, 0.05) is 18.9 Å². The first-order chi connectivity index (χ1) is 8.24. The first kappa shape index (κ1) is 11.5. The number of nitrogens with two attached hydrogens (primary N) is 1. The molecule has 0 aliphatic carbocycles. The van der Waals surface area contributed by atoms with Gasteiger partial charge in [-0.3, -0.25) is 4.79 Å². The fourth-order valence-corrected chi connectivity index (χ4v) is 1.74. The Hall–Kier alpha value is -1.94. The van der Waals surface area contributed by atoms with Crippen LogP contribution in [-0.4, -0.2) is 15.3 Å². The molecule has 0 aliphatic heterocycles. The molecular formula is C13H15N3O. The van der Waals surface area contributed by atoms with Crippen LogP contribution in [0, 0.1) is 0 Å². The largest absolute Gasteiger partial charge is 0.329 e. The van der Waals surface area contributed by atoms with Crippen LogP contribution in [0.4, 0.5) is 0 Å². The van der Waals surface area contributed by atoms with Crippen molar-refractivity contribution >= 4 is 5.78 Å². The first-order valence-electron chi connectivity index (χ1n) is 5.60. The number of carbonyl (C=O) groups excluding carboxylic acids is 1. The molecule has 0 bridgehead atoms. The van der Waals surface area contributed by atoms with E-state index in [-0.39, 0.29) is 5.78 Å². The summed E-state index contributed by atoms with van der Waals surface area (Å²) in [6.07, 6.45) is 3.40. The Balaban J connectivity index is 2.27. The number of hydrogen-bond acceptors (Lipinski definition) is 3. The second-order valence-electron chi connectivity index (χ2n) is 3.79. The fraction of sp³-hybridized carbons (Fsp3) is 0.231. The van der Waals surface area contributed by atoms with Crippen molar-refractivity contribution in [1.82, 2.24) is 9.55 Å². The fourth-order valence-electron chi connectivity index (χ4n) is 1.74. The zero-order chi connectivity index (χ0) is 12.3. The van der Waals surface area contributed by atoms with E-state index >= 15 is 0 Å². The van der Waals surface area contributed by atoms with Crippen LogP contribution < -0.4 is 5.73 Å². The van der Waals surface area contributed by atoms with E-state index in [0.717, 1.165) is 5.56 Å². The lowest BCUT2D eigenvalue weighted by atomic mass is 10.0. The summed E-state index contributed by atoms with van der Waals surface area (Å²) in [5.41, 5.74) is 6.76. The molecule has 1 aromatic heterocycles. The highest BCUT2D eigenvalue weighted by molar-refractivity contribution is 5.97. The summed E-state index contributed by atoms with van der Waals surface area (Å²) < 4.78 is 1.80. The van der Waals surface area contributed by atoms with Crippen LogP contribution in [0.15, 0.2) is 42.7 Å². The lowest BCUT2D eigenvalue weighted by Gasteiger charge is -2.11. The van der Waals surface area contributed by atoms with Crippen molar-refractivity contribution in [3.05, 3.63) is 54.1 Å². The van der Waals surface area contributed by atoms with E-state index in [1.807, 2.05) is 37.3 Å². The predicted octanol–water partition coefficient (Wildman–Crippen LogP) is 1.79. The number of ketones is 1. The van der Waals surface area contributed by atoms with Crippen molar-refractivity contribution in [2.24, 2.45) is 5.73 Å². The molecule has 4 heteroatoms. The van der Waals surface area contributed by atoms with Crippen molar-refractivity contribution in [1.29, 1.82) is 0 Å². The number of benzene rings is 1. The van der Waals surface area contributed by atoms with Crippen molar-refractivity contribution in [2.75, 3.05) is 0 Å². The van der Waals surface area contributed by atoms with Crippen molar-refractivity contribution in [3.63, 3.8) is 0 Å². The van der Waals surface area contributed by atoms with Gasteiger partial charge < -0.3 is 10.3 Å². The van der Waals surface area contributed by atoms with Crippen LogP contribution in [0.2, 0.25) is 0 Å². The zero-order valence-electron chi connectivity index (χ0n) is 9.71. The summed E-state index contributed by atoms with van der Waals surface area (Å²) in [5, 5.41) is 0. The standard InChI is InChI=1S/C13H15N3O/c1-2-16-9-8-15-13(16)12(17)11(14)10-6-4-3-5-7-10/h3-9,11H,2,14H2,1H3/t11-/m1/s1. The number of nitrogens with zero attached hydrogens (tertiary/aromatic N) is 2. The van der Waals surface area contributed by atoms with Gasteiger partial charge in [0.1, 0.15) is 0 Å². The van der Waals surface area contributed by atoms with E-state index < -0.39 is 6.04 Å². The molecule has 0 unspecified atom stereocenters. The number of carbonyl (C=O) groups is 1. The van der Waals surface area contributed by atoms with Gasteiger partial charge in [-0.05, 0) is 12.5 Å². The molecule has 1 heterocycles. The Kier molecular flexibility index (Phi) is 3.35. The molecule has 4 nitrogen and oxygen atoms in total. The molecule has 2 aromatic rings. The van der Waals surface area contributed by atoms with Crippen LogP contribution >= 0.6 is 0 Å². The average molecular weight is 229 g/mol. The van der Waals surface area contributed by atoms with Gasteiger partial charge in [0.2, 0.25) is 5.78 Å². The molecule has 0 aliphatic rings. The number of aromatic nitrogens is 2. The third-order valence-electron chi connectivity index (χ3n) is 2.72. The SMILES string of the molecule is CCn1ccnc1C(=O)[C@H](N)c1ccccc1. The van der Waals surface area contributed by atoms with Gasteiger partial charge in [-0.15, -0.1) is 0 Å². The minimum absolute atomic E-state index is 0.150. The van der Waals surface area contributed by atoms with Gasteiger partial charge in [0.25, 0.3) is 0 Å². The normalized spacial score (nSPS) is 12.4.